The van der Waals surface area contributed by atoms with Crippen LogP contribution in [0.2, 0.25) is 0 Å². The number of nitrogens with zero attached hydrogens (tertiary/aromatic N) is 3. The highest BCUT2D eigenvalue weighted by Gasteiger charge is 2.51. The third-order valence-corrected chi connectivity index (χ3v) is 8.11. The molecule has 0 aliphatic heterocycles. The van der Waals surface area contributed by atoms with Gasteiger partial charge in [-0.05, 0) is 55.5 Å². The van der Waals surface area contributed by atoms with Crippen LogP contribution in [0, 0.1) is 17.2 Å². The largest absolute Gasteiger partial charge is 0.393 e. The normalized spacial score (nSPS) is 21.2. The highest BCUT2D eigenvalue weighted by Crippen LogP contribution is 2.51. The molecule has 2 heterocycles. The predicted molar refractivity (Wildman–Crippen MR) is 113 cm³/mol. The zero-order valence-corrected chi connectivity index (χ0v) is 17.6. The summed E-state index contributed by atoms with van der Waals surface area (Å²) in [5.41, 5.74) is 1.87. The molecule has 2 aromatic heterocycles. The quantitative estimate of drug-likeness (QED) is 0.581. The molecule has 0 amide bonds. The van der Waals surface area contributed by atoms with Gasteiger partial charge in [0.2, 0.25) is 10.0 Å². The first kappa shape index (κ1) is 20.8. The summed E-state index contributed by atoms with van der Waals surface area (Å²) in [5, 5.41) is 9.98. The molecule has 6 nitrogen and oxygen atoms in total. The Labute approximate surface area is 182 Å². The molecular weight excluding hydrogens is 441 g/mol. The minimum absolute atomic E-state index is 0.0316. The van der Waals surface area contributed by atoms with Gasteiger partial charge in [0.25, 0.3) is 0 Å². The molecule has 2 atom stereocenters. The topological polar surface area (TPSA) is 87.8 Å². The Morgan fingerprint density at radius 1 is 1.09 bits per heavy atom. The number of aromatic nitrogens is 2. The number of anilines is 1. The number of benzene rings is 1. The fourth-order valence-electron chi connectivity index (χ4n) is 4.35. The van der Waals surface area contributed by atoms with Gasteiger partial charge >= 0.3 is 6.18 Å². The van der Waals surface area contributed by atoms with E-state index in [1.165, 1.54) is 6.20 Å². The molecule has 2 aliphatic rings. The average molecular weight is 460 g/mol. The van der Waals surface area contributed by atoms with Gasteiger partial charge in [-0.2, -0.15) is 18.4 Å². The molecular formula is C22H19F3N4O2S. The van der Waals surface area contributed by atoms with E-state index in [4.69, 9.17) is 0 Å². The van der Waals surface area contributed by atoms with Crippen LogP contribution in [0.3, 0.4) is 0 Å². The van der Waals surface area contributed by atoms with Crippen molar-refractivity contribution in [1.82, 2.24) is 9.55 Å². The van der Waals surface area contributed by atoms with Crippen molar-refractivity contribution in [2.45, 2.75) is 43.2 Å². The molecule has 2 fully saturated rings. The second-order valence-corrected chi connectivity index (χ2v) is 10.3. The number of alkyl halides is 3. The summed E-state index contributed by atoms with van der Waals surface area (Å²) >= 11 is 0. The van der Waals surface area contributed by atoms with E-state index in [-0.39, 0.29) is 17.2 Å². The van der Waals surface area contributed by atoms with Crippen LogP contribution in [0.4, 0.5) is 18.9 Å². The third kappa shape index (κ3) is 3.41. The molecule has 2 aliphatic carbocycles. The Morgan fingerprint density at radius 3 is 2.38 bits per heavy atom. The third-order valence-electron chi connectivity index (χ3n) is 6.25. The van der Waals surface area contributed by atoms with Gasteiger partial charge in [-0.15, -0.1) is 0 Å². The van der Waals surface area contributed by atoms with Crippen LogP contribution in [0.25, 0.3) is 22.3 Å². The van der Waals surface area contributed by atoms with Gasteiger partial charge in [-0.25, -0.2) is 13.4 Å². The lowest BCUT2D eigenvalue weighted by atomic mass is 9.78. The molecule has 166 valence electrons. The second kappa shape index (κ2) is 7.24. The van der Waals surface area contributed by atoms with Crippen LogP contribution in [0.5, 0.6) is 0 Å². The maximum atomic E-state index is 13.6. The van der Waals surface area contributed by atoms with Crippen molar-refractivity contribution in [3.63, 3.8) is 0 Å². The molecule has 0 bridgehead atoms. The van der Waals surface area contributed by atoms with Crippen molar-refractivity contribution in [3.8, 4) is 17.3 Å². The zero-order valence-electron chi connectivity index (χ0n) is 16.8. The minimum Gasteiger partial charge on any atom is -0.320 e. The van der Waals surface area contributed by atoms with Gasteiger partial charge in [0, 0.05) is 23.3 Å². The highest BCUT2D eigenvalue weighted by atomic mass is 32.2. The summed E-state index contributed by atoms with van der Waals surface area (Å²) < 4.78 is 69.2. The van der Waals surface area contributed by atoms with Crippen molar-refractivity contribution >= 4 is 26.7 Å². The number of halogens is 3. The van der Waals surface area contributed by atoms with E-state index in [2.05, 4.69) is 15.8 Å². The number of sulfonamides is 1. The number of hydrogen-bond acceptors (Lipinski definition) is 4. The zero-order chi connectivity index (χ0) is 22.7. The number of nitrogens with one attached hydrogen (secondary N) is 1. The number of rotatable bonds is 5. The van der Waals surface area contributed by atoms with Gasteiger partial charge in [0.15, 0.2) is 0 Å². The first-order chi connectivity index (χ1) is 15.2. The summed E-state index contributed by atoms with van der Waals surface area (Å²) in [7, 11) is -3.43. The van der Waals surface area contributed by atoms with Gasteiger partial charge < -0.3 is 4.57 Å². The lowest BCUT2D eigenvalue weighted by Crippen LogP contribution is -2.40. The Morgan fingerprint density at radius 2 is 1.81 bits per heavy atom. The van der Waals surface area contributed by atoms with Crippen molar-refractivity contribution in [2.75, 3.05) is 4.72 Å². The first-order valence-corrected chi connectivity index (χ1v) is 11.8. The van der Waals surface area contributed by atoms with E-state index in [1.807, 2.05) is 0 Å². The number of pyridine rings is 1. The summed E-state index contributed by atoms with van der Waals surface area (Å²) in [4.78, 5) is 4.30. The molecule has 1 N–H and O–H groups in total. The molecule has 1 aromatic carbocycles. The maximum Gasteiger partial charge on any atom is 0.393 e. The molecule has 5 rings (SSSR count). The second-order valence-electron chi connectivity index (χ2n) is 8.30. The van der Waals surface area contributed by atoms with Crippen LogP contribution in [-0.2, 0) is 10.0 Å². The first-order valence-electron chi connectivity index (χ1n) is 10.3. The van der Waals surface area contributed by atoms with E-state index in [1.54, 1.807) is 41.0 Å². The Kier molecular flexibility index (Phi) is 4.71. The molecule has 2 saturated carbocycles. The van der Waals surface area contributed by atoms with E-state index >= 15 is 0 Å². The van der Waals surface area contributed by atoms with Gasteiger partial charge in [0.1, 0.15) is 11.7 Å². The SMILES string of the molecule is N#Cc1c(-c2ccc(NS(=O)(=O)C3CC3)cc2)n(C2CCC2C(F)(F)F)c2ncccc12. The smallest absolute Gasteiger partial charge is 0.320 e. The molecule has 0 spiro atoms. The molecule has 32 heavy (non-hydrogen) atoms. The Bertz CT molecular complexity index is 1340. The van der Waals surface area contributed by atoms with Crippen LogP contribution < -0.4 is 4.72 Å². The molecule has 10 heteroatoms. The molecule has 0 saturated heterocycles. The van der Waals surface area contributed by atoms with Crippen molar-refractivity contribution in [1.29, 1.82) is 5.26 Å². The predicted octanol–water partition coefficient (Wildman–Crippen LogP) is 4.99. The summed E-state index contributed by atoms with van der Waals surface area (Å²) in [5.74, 6) is -1.50. The minimum atomic E-state index is -4.34. The van der Waals surface area contributed by atoms with E-state index in [9.17, 15) is 26.9 Å². The summed E-state index contributed by atoms with van der Waals surface area (Å²) in [6, 6.07) is 11.0. The molecule has 0 radical (unpaired) electrons. The fraction of sp³-hybridized carbons (Fsp3) is 0.364. The van der Waals surface area contributed by atoms with Crippen molar-refractivity contribution < 1.29 is 21.6 Å². The highest BCUT2D eigenvalue weighted by molar-refractivity contribution is 7.93. The van der Waals surface area contributed by atoms with Crippen LogP contribution in [0.1, 0.15) is 37.3 Å². The van der Waals surface area contributed by atoms with Gasteiger partial charge in [0.05, 0.1) is 22.4 Å². The lowest BCUT2D eigenvalue weighted by molar-refractivity contribution is -0.208. The molecule has 3 aromatic rings. The lowest BCUT2D eigenvalue weighted by Gasteiger charge is -2.40. The van der Waals surface area contributed by atoms with Crippen LogP contribution in [-0.4, -0.2) is 29.4 Å². The maximum absolute atomic E-state index is 13.6. The van der Waals surface area contributed by atoms with E-state index in [0.29, 0.717) is 47.2 Å². The Balaban J connectivity index is 1.61. The van der Waals surface area contributed by atoms with Gasteiger partial charge in [-0.3, -0.25) is 4.72 Å². The fourth-order valence-corrected chi connectivity index (χ4v) is 5.74. The summed E-state index contributed by atoms with van der Waals surface area (Å²) in [6.45, 7) is 0. The van der Waals surface area contributed by atoms with Crippen LogP contribution >= 0.6 is 0 Å². The van der Waals surface area contributed by atoms with E-state index < -0.39 is 28.2 Å². The summed E-state index contributed by atoms with van der Waals surface area (Å²) in [6.07, 6.45) is -1.21. The molecule has 2 unspecified atom stereocenters. The monoisotopic (exact) mass is 460 g/mol. The standard InChI is InChI=1S/C22H19F3N4O2S/c23-22(24,25)18-9-10-19(18)29-20(17(12-26)16-2-1-11-27-21(16)29)13-3-5-14(6-4-13)28-32(30,31)15-7-8-15/h1-6,11,15,18-19,28H,7-10H2. The Hall–Kier alpha value is -3.06. The van der Waals surface area contributed by atoms with E-state index in [0.717, 1.165) is 0 Å². The number of nitriles is 1. The average Bonchev–Trinajstić information content (AvgIpc) is 3.51. The number of fused-ring (bicyclic) bond motifs is 1. The van der Waals surface area contributed by atoms with Crippen molar-refractivity contribution in [2.24, 2.45) is 5.92 Å². The number of hydrogen-bond donors (Lipinski definition) is 1. The van der Waals surface area contributed by atoms with Gasteiger partial charge in [-0.1, -0.05) is 12.1 Å². The van der Waals surface area contributed by atoms with Crippen molar-refractivity contribution in [3.05, 3.63) is 48.2 Å². The van der Waals surface area contributed by atoms with Crippen LogP contribution in [0.15, 0.2) is 42.6 Å².